The topological polar surface area (TPSA) is 23.5 Å². The zero-order valence-corrected chi connectivity index (χ0v) is 12.0. The maximum atomic E-state index is 13.1. The van der Waals surface area contributed by atoms with Crippen LogP contribution in [-0.4, -0.2) is 29.7 Å². The number of hydrogen-bond acceptors (Lipinski definition) is 2. The van der Waals surface area contributed by atoms with E-state index in [1.165, 1.54) is 0 Å². The van der Waals surface area contributed by atoms with Gasteiger partial charge in [0, 0.05) is 26.2 Å². The van der Waals surface area contributed by atoms with Gasteiger partial charge in [0.1, 0.15) is 0 Å². The van der Waals surface area contributed by atoms with Crippen LogP contribution < -0.4 is 0 Å². The molecule has 23 heavy (non-hydrogen) atoms. The second-order valence-corrected chi connectivity index (χ2v) is 6.24. The molecule has 1 aromatic rings. The van der Waals surface area contributed by atoms with E-state index in [1.807, 2.05) is 0 Å². The van der Waals surface area contributed by atoms with E-state index in [9.17, 15) is 26.3 Å². The van der Waals surface area contributed by atoms with E-state index in [0.29, 0.717) is 31.0 Å². The highest BCUT2D eigenvalue weighted by Crippen LogP contribution is 2.51. The fraction of sp³-hybridized carbons (Fsp3) is 0.600. The summed E-state index contributed by atoms with van der Waals surface area (Å²) in [6.07, 6.45) is -9.63. The van der Waals surface area contributed by atoms with Gasteiger partial charge in [-0.15, -0.1) is 0 Å². The number of rotatable bonds is 3. The summed E-state index contributed by atoms with van der Waals surface area (Å²) >= 11 is 0. The van der Waals surface area contributed by atoms with Crippen LogP contribution >= 0.6 is 0 Å². The van der Waals surface area contributed by atoms with Gasteiger partial charge in [-0.2, -0.15) is 26.3 Å². The average Bonchev–Trinajstić information content (AvgIpc) is 2.90. The molecule has 1 N–H and O–H groups in total. The molecule has 0 unspecified atom stereocenters. The van der Waals surface area contributed by atoms with Crippen molar-refractivity contribution < 1.29 is 31.4 Å². The van der Waals surface area contributed by atoms with E-state index in [0.717, 1.165) is 6.07 Å². The van der Waals surface area contributed by atoms with Crippen molar-refractivity contribution in [1.29, 1.82) is 0 Å². The molecule has 8 heteroatoms. The summed E-state index contributed by atoms with van der Waals surface area (Å²) in [4.78, 5) is 1.80. The van der Waals surface area contributed by atoms with Gasteiger partial charge in [0.05, 0.1) is 11.1 Å². The van der Waals surface area contributed by atoms with Crippen molar-refractivity contribution in [2.45, 2.75) is 18.9 Å². The van der Waals surface area contributed by atoms with Crippen LogP contribution in [0.1, 0.15) is 16.7 Å². The monoisotopic (exact) mass is 339 g/mol. The molecule has 1 saturated heterocycles. The molecule has 2 aliphatic rings. The summed E-state index contributed by atoms with van der Waals surface area (Å²) in [7, 11) is 0. The van der Waals surface area contributed by atoms with Crippen molar-refractivity contribution in [3.05, 3.63) is 34.9 Å². The molecule has 128 valence electrons. The third kappa shape index (κ3) is 3.19. The Kier molecular flexibility index (Phi) is 3.87. The van der Waals surface area contributed by atoms with Crippen LogP contribution in [0.15, 0.2) is 18.2 Å². The summed E-state index contributed by atoms with van der Waals surface area (Å²) < 4.78 is 77.1. The summed E-state index contributed by atoms with van der Waals surface area (Å²) in [5.41, 5.74) is -2.67. The molecule has 0 spiro atoms. The second-order valence-electron chi connectivity index (χ2n) is 6.24. The van der Waals surface area contributed by atoms with E-state index < -0.39 is 23.5 Å². The van der Waals surface area contributed by atoms with Gasteiger partial charge in [-0.3, -0.25) is 4.90 Å². The number of nitrogens with zero attached hydrogens (tertiary/aromatic N) is 1. The van der Waals surface area contributed by atoms with Gasteiger partial charge in [-0.25, -0.2) is 0 Å². The number of aliphatic hydroxyl groups excluding tert-OH is 1. The number of halogens is 6. The van der Waals surface area contributed by atoms with Crippen LogP contribution in [0.5, 0.6) is 0 Å². The predicted molar refractivity (Wildman–Crippen MR) is 69.3 cm³/mol. The Morgan fingerprint density at radius 2 is 1.61 bits per heavy atom. The number of aliphatic hydroxyl groups is 1. The Morgan fingerprint density at radius 1 is 1.00 bits per heavy atom. The van der Waals surface area contributed by atoms with Crippen LogP contribution in [0.25, 0.3) is 0 Å². The van der Waals surface area contributed by atoms with Gasteiger partial charge >= 0.3 is 12.4 Å². The van der Waals surface area contributed by atoms with Gasteiger partial charge in [-0.05, 0) is 35.4 Å². The van der Waals surface area contributed by atoms with Crippen LogP contribution in [-0.2, 0) is 18.9 Å². The molecule has 0 amide bonds. The van der Waals surface area contributed by atoms with E-state index in [-0.39, 0.29) is 30.7 Å². The summed E-state index contributed by atoms with van der Waals surface area (Å²) in [6.45, 7) is 1.21. The molecule has 3 atom stereocenters. The predicted octanol–water partition coefficient (Wildman–Crippen LogP) is 3.39. The summed E-state index contributed by atoms with van der Waals surface area (Å²) in [6, 6.07) is 1.79. The Bertz CT molecular complexity index is 585. The van der Waals surface area contributed by atoms with Crippen molar-refractivity contribution in [1.82, 2.24) is 4.90 Å². The normalized spacial score (nSPS) is 28.0. The van der Waals surface area contributed by atoms with Crippen molar-refractivity contribution in [2.24, 2.45) is 17.8 Å². The SMILES string of the molecule is OC[C@@H]1[C@H]2CN(Cc3ccc(C(F)(F)F)cc3C(F)(F)F)C[C@@H]12. The first-order chi connectivity index (χ1) is 10.6. The van der Waals surface area contributed by atoms with Crippen molar-refractivity contribution in [3.63, 3.8) is 0 Å². The fourth-order valence-corrected chi connectivity index (χ4v) is 3.53. The third-order valence-electron chi connectivity index (χ3n) is 4.79. The first-order valence-electron chi connectivity index (χ1n) is 7.22. The van der Waals surface area contributed by atoms with Crippen LogP contribution in [0, 0.1) is 17.8 Å². The molecule has 1 saturated carbocycles. The molecule has 2 fully saturated rings. The molecule has 1 aliphatic heterocycles. The van der Waals surface area contributed by atoms with Gasteiger partial charge in [0.2, 0.25) is 0 Å². The molecule has 3 rings (SSSR count). The van der Waals surface area contributed by atoms with E-state index in [2.05, 4.69) is 0 Å². The lowest BCUT2D eigenvalue weighted by atomic mass is 10.0. The first kappa shape index (κ1) is 16.6. The number of benzene rings is 1. The number of piperidine rings is 1. The zero-order chi connectivity index (χ0) is 17.0. The second kappa shape index (κ2) is 5.37. The highest BCUT2D eigenvalue weighted by atomic mass is 19.4. The lowest BCUT2D eigenvalue weighted by Crippen LogP contribution is -2.26. The van der Waals surface area contributed by atoms with Crippen LogP contribution in [0.4, 0.5) is 26.3 Å². The molecule has 1 aromatic carbocycles. The summed E-state index contributed by atoms with van der Waals surface area (Å²) in [5.74, 6) is 0.813. The fourth-order valence-electron chi connectivity index (χ4n) is 3.53. The van der Waals surface area contributed by atoms with Crippen LogP contribution in [0.3, 0.4) is 0 Å². The number of hydrogen-bond donors (Lipinski definition) is 1. The Labute approximate surface area is 128 Å². The zero-order valence-electron chi connectivity index (χ0n) is 12.0. The number of alkyl halides is 6. The van der Waals surface area contributed by atoms with Gasteiger partial charge in [0.25, 0.3) is 0 Å². The van der Waals surface area contributed by atoms with Gasteiger partial charge < -0.3 is 5.11 Å². The molecule has 0 bridgehead atoms. The molecule has 0 radical (unpaired) electrons. The highest BCUT2D eigenvalue weighted by molar-refractivity contribution is 5.35. The largest absolute Gasteiger partial charge is 0.416 e. The molecule has 2 nitrogen and oxygen atoms in total. The van der Waals surface area contributed by atoms with Crippen molar-refractivity contribution in [2.75, 3.05) is 19.7 Å². The minimum atomic E-state index is -4.83. The smallest absolute Gasteiger partial charge is 0.396 e. The molecule has 1 aliphatic carbocycles. The minimum Gasteiger partial charge on any atom is -0.396 e. The van der Waals surface area contributed by atoms with Gasteiger partial charge in [0.15, 0.2) is 0 Å². The maximum absolute atomic E-state index is 13.1. The number of likely N-dealkylation sites (tertiary alicyclic amines) is 1. The third-order valence-corrected chi connectivity index (χ3v) is 4.79. The van der Waals surface area contributed by atoms with Gasteiger partial charge in [-0.1, -0.05) is 6.07 Å². The van der Waals surface area contributed by atoms with E-state index >= 15 is 0 Å². The Balaban J connectivity index is 1.79. The minimum absolute atomic E-state index is 0.0296. The van der Waals surface area contributed by atoms with E-state index in [1.54, 1.807) is 4.90 Å². The first-order valence-corrected chi connectivity index (χ1v) is 7.22. The Hall–Kier alpha value is -1.28. The maximum Gasteiger partial charge on any atom is 0.416 e. The van der Waals surface area contributed by atoms with Crippen molar-refractivity contribution >= 4 is 0 Å². The van der Waals surface area contributed by atoms with Crippen LogP contribution in [0.2, 0.25) is 0 Å². The molecular weight excluding hydrogens is 324 g/mol. The highest BCUT2D eigenvalue weighted by Gasteiger charge is 2.55. The lowest BCUT2D eigenvalue weighted by molar-refractivity contribution is -0.143. The quantitative estimate of drug-likeness (QED) is 0.854. The van der Waals surface area contributed by atoms with E-state index in [4.69, 9.17) is 5.11 Å². The molecule has 1 heterocycles. The Morgan fingerprint density at radius 3 is 2.09 bits per heavy atom. The molecular formula is C15H15F6NO. The summed E-state index contributed by atoms with van der Waals surface area (Å²) in [5, 5.41) is 9.07. The standard InChI is InChI=1S/C15H15F6NO/c16-14(17,18)9-2-1-8(13(3-9)15(19,20)21)4-22-5-10-11(6-22)12(10)7-23/h1-3,10-12,23H,4-7H2/t10-,11+,12+. The average molecular weight is 339 g/mol. The lowest BCUT2D eigenvalue weighted by Gasteiger charge is -2.22. The van der Waals surface area contributed by atoms with Crippen molar-refractivity contribution in [3.8, 4) is 0 Å². The number of fused-ring (bicyclic) bond motifs is 1. The molecule has 0 aromatic heterocycles.